The zero-order valence-corrected chi connectivity index (χ0v) is 16.0. The molecule has 27 heavy (non-hydrogen) atoms. The third-order valence-electron chi connectivity index (χ3n) is 5.85. The second-order valence-corrected chi connectivity index (χ2v) is 7.87. The van der Waals surface area contributed by atoms with Crippen LogP contribution in [0.15, 0.2) is 42.5 Å². The molecule has 1 N–H and O–H groups in total. The Morgan fingerprint density at radius 2 is 1.74 bits per heavy atom. The average molecular weight is 362 g/mol. The molecule has 2 aliphatic rings. The van der Waals surface area contributed by atoms with Crippen LogP contribution in [0.5, 0.6) is 0 Å². The highest BCUT2D eigenvalue weighted by Gasteiger charge is 2.37. The molecule has 0 bridgehead atoms. The van der Waals surface area contributed by atoms with Gasteiger partial charge in [0.2, 0.25) is 5.91 Å². The quantitative estimate of drug-likeness (QED) is 0.911. The van der Waals surface area contributed by atoms with Gasteiger partial charge in [0, 0.05) is 31.5 Å². The van der Waals surface area contributed by atoms with Crippen molar-refractivity contribution in [2.75, 3.05) is 13.1 Å². The number of rotatable bonds is 3. The summed E-state index contributed by atoms with van der Waals surface area (Å²) in [7, 11) is 0. The lowest BCUT2D eigenvalue weighted by molar-refractivity contribution is -0.119. The van der Waals surface area contributed by atoms with Gasteiger partial charge in [-0.15, -0.1) is 0 Å². The lowest BCUT2D eigenvalue weighted by atomic mass is 9.93. The highest BCUT2D eigenvalue weighted by molar-refractivity contribution is 5.95. The molecule has 0 saturated carbocycles. The summed E-state index contributed by atoms with van der Waals surface area (Å²) < 4.78 is 0. The normalized spacial score (nSPS) is 21.2. The van der Waals surface area contributed by atoms with Crippen LogP contribution in [0.1, 0.15) is 51.9 Å². The van der Waals surface area contributed by atoms with E-state index in [-0.39, 0.29) is 23.8 Å². The van der Waals surface area contributed by atoms with Crippen LogP contribution in [0.3, 0.4) is 0 Å². The number of amides is 2. The second-order valence-electron chi connectivity index (χ2n) is 7.87. The fourth-order valence-corrected chi connectivity index (χ4v) is 4.42. The molecule has 1 fully saturated rings. The molecule has 0 unspecified atom stereocenters. The van der Waals surface area contributed by atoms with Crippen molar-refractivity contribution in [3.63, 3.8) is 0 Å². The molecule has 2 aromatic rings. The summed E-state index contributed by atoms with van der Waals surface area (Å²) in [4.78, 5) is 26.7. The molecule has 140 valence electrons. The van der Waals surface area contributed by atoms with E-state index in [9.17, 15) is 9.59 Å². The minimum atomic E-state index is -0.0522. The van der Waals surface area contributed by atoms with Gasteiger partial charge in [-0.05, 0) is 55.0 Å². The van der Waals surface area contributed by atoms with Crippen molar-refractivity contribution < 1.29 is 9.59 Å². The number of hydrogen-bond acceptors (Lipinski definition) is 2. The summed E-state index contributed by atoms with van der Waals surface area (Å²) in [5, 5.41) is 3.05. The lowest BCUT2D eigenvalue weighted by Crippen LogP contribution is -2.39. The highest BCUT2D eigenvalue weighted by atomic mass is 16.2. The zero-order valence-electron chi connectivity index (χ0n) is 16.0. The predicted molar refractivity (Wildman–Crippen MR) is 106 cm³/mol. The minimum Gasteiger partial charge on any atom is -0.351 e. The molecule has 4 rings (SSSR count). The maximum Gasteiger partial charge on any atom is 0.253 e. The van der Waals surface area contributed by atoms with Crippen LogP contribution >= 0.6 is 0 Å². The van der Waals surface area contributed by atoms with Crippen LogP contribution in [0, 0.1) is 6.92 Å². The van der Waals surface area contributed by atoms with E-state index in [1.165, 1.54) is 35.6 Å². The molecule has 2 amide bonds. The van der Waals surface area contributed by atoms with Crippen molar-refractivity contribution >= 4 is 11.8 Å². The molecule has 4 heteroatoms. The summed E-state index contributed by atoms with van der Waals surface area (Å²) in [5.41, 5.74) is 5.83. The van der Waals surface area contributed by atoms with E-state index in [4.69, 9.17) is 0 Å². The van der Waals surface area contributed by atoms with Gasteiger partial charge in [-0.2, -0.15) is 0 Å². The number of aryl methyl sites for hydroxylation is 3. The van der Waals surface area contributed by atoms with Gasteiger partial charge in [-0.3, -0.25) is 9.59 Å². The Bertz CT molecular complexity index is 872. The Morgan fingerprint density at radius 1 is 1.00 bits per heavy atom. The first kappa shape index (κ1) is 17.8. The van der Waals surface area contributed by atoms with E-state index in [2.05, 4.69) is 48.6 Å². The molecule has 0 radical (unpaired) electrons. The smallest absolute Gasteiger partial charge is 0.253 e. The molecular formula is C23H26N2O2. The van der Waals surface area contributed by atoms with Gasteiger partial charge in [0.1, 0.15) is 0 Å². The first-order chi connectivity index (χ1) is 13.0. The molecule has 1 aliphatic carbocycles. The van der Waals surface area contributed by atoms with Crippen molar-refractivity contribution in [1.29, 1.82) is 0 Å². The van der Waals surface area contributed by atoms with Crippen molar-refractivity contribution in [3.05, 3.63) is 70.3 Å². The van der Waals surface area contributed by atoms with Crippen LogP contribution < -0.4 is 5.32 Å². The minimum absolute atomic E-state index is 0.0519. The number of fused-ring (bicyclic) bond motifs is 1. The summed E-state index contributed by atoms with van der Waals surface area (Å²) in [6.45, 7) is 4.78. The molecule has 2 atom stereocenters. The van der Waals surface area contributed by atoms with Crippen molar-refractivity contribution in [1.82, 2.24) is 10.2 Å². The fraction of sp³-hybridized carbons (Fsp3) is 0.391. The van der Waals surface area contributed by atoms with Crippen LogP contribution in [0.2, 0.25) is 0 Å². The number of nitrogens with one attached hydrogen (secondary N) is 1. The van der Waals surface area contributed by atoms with E-state index >= 15 is 0 Å². The van der Waals surface area contributed by atoms with Gasteiger partial charge in [0.05, 0.1) is 6.04 Å². The topological polar surface area (TPSA) is 49.4 Å². The zero-order chi connectivity index (χ0) is 19.0. The van der Waals surface area contributed by atoms with Crippen LogP contribution in [0.4, 0.5) is 0 Å². The van der Waals surface area contributed by atoms with Gasteiger partial charge < -0.3 is 10.2 Å². The van der Waals surface area contributed by atoms with Gasteiger partial charge in [0.25, 0.3) is 5.91 Å². The third kappa shape index (κ3) is 3.61. The van der Waals surface area contributed by atoms with Crippen molar-refractivity contribution in [2.45, 2.75) is 45.1 Å². The maximum absolute atomic E-state index is 13.1. The number of nitrogens with zero attached hydrogens (tertiary/aromatic N) is 1. The number of carbonyl (C=O) groups excluding carboxylic acids is 2. The summed E-state index contributed by atoms with van der Waals surface area (Å²) in [6.07, 6.45) is 3.36. The second kappa shape index (κ2) is 7.18. The first-order valence-corrected chi connectivity index (χ1v) is 9.76. The van der Waals surface area contributed by atoms with E-state index in [1.54, 1.807) is 0 Å². The van der Waals surface area contributed by atoms with E-state index in [0.717, 1.165) is 18.4 Å². The Morgan fingerprint density at radius 3 is 2.48 bits per heavy atom. The van der Waals surface area contributed by atoms with Crippen LogP contribution in [-0.4, -0.2) is 35.8 Å². The molecular weight excluding hydrogens is 336 g/mol. The van der Waals surface area contributed by atoms with E-state index in [0.29, 0.717) is 13.1 Å². The SMILES string of the molecule is CC(=O)N[C@@H]1CN(C(=O)c2ccc3c(c2)CCC3)C[C@H]1c1ccc(C)cc1. The van der Waals surface area contributed by atoms with Crippen LogP contribution in [-0.2, 0) is 17.6 Å². The standard InChI is InChI=1S/C23H26N2O2/c1-15-6-8-18(9-7-15)21-13-25(14-22(21)24-16(2)26)23(27)20-11-10-17-4-3-5-19(17)12-20/h6-12,21-22H,3-5,13-14H2,1-2H3,(H,24,26)/t21-,22+/m0/s1. The molecule has 0 spiro atoms. The van der Waals surface area contributed by atoms with Gasteiger partial charge >= 0.3 is 0 Å². The molecule has 1 saturated heterocycles. The molecule has 4 nitrogen and oxygen atoms in total. The van der Waals surface area contributed by atoms with Crippen molar-refractivity contribution in [2.24, 2.45) is 0 Å². The molecule has 0 aromatic heterocycles. The predicted octanol–water partition coefficient (Wildman–Crippen LogP) is 3.23. The number of hydrogen-bond donors (Lipinski definition) is 1. The van der Waals surface area contributed by atoms with E-state index < -0.39 is 0 Å². The number of benzene rings is 2. The Kier molecular flexibility index (Phi) is 4.73. The van der Waals surface area contributed by atoms with Crippen molar-refractivity contribution in [3.8, 4) is 0 Å². The Hall–Kier alpha value is -2.62. The average Bonchev–Trinajstić information content (AvgIpc) is 3.27. The maximum atomic E-state index is 13.1. The first-order valence-electron chi connectivity index (χ1n) is 9.76. The monoisotopic (exact) mass is 362 g/mol. The van der Waals surface area contributed by atoms with Gasteiger partial charge in [0.15, 0.2) is 0 Å². The number of carbonyl (C=O) groups is 2. The Labute approximate surface area is 160 Å². The fourth-order valence-electron chi connectivity index (χ4n) is 4.42. The van der Waals surface area contributed by atoms with Crippen LogP contribution in [0.25, 0.3) is 0 Å². The molecule has 1 heterocycles. The third-order valence-corrected chi connectivity index (χ3v) is 5.85. The summed E-state index contributed by atoms with van der Waals surface area (Å²) in [5.74, 6) is 0.131. The van der Waals surface area contributed by atoms with Gasteiger partial charge in [-0.25, -0.2) is 0 Å². The number of likely N-dealkylation sites (tertiary alicyclic amines) is 1. The van der Waals surface area contributed by atoms with E-state index in [1.807, 2.05) is 11.0 Å². The summed E-state index contributed by atoms with van der Waals surface area (Å²) in [6, 6.07) is 14.5. The molecule has 1 aliphatic heterocycles. The molecule has 2 aromatic carbocycles. The highest BCUT2D eigenvalue weighted by Crippen LogP contribution is 2.30. The largest absolute Gasteiger partial charge is 0.351 e. The Balaban J connectivity index is 1.57. The summed E-state index contributed by atoms with van der Waals surface area (Å²) >= 11 is 0. The lowest BCUT2D eigenvalue weighted by Gasteiger charge is -2.19. The van der Waals surface area contributed by atoms with Gasteiger partial charge in [-0.1, -0.05) is 35.9 Å².